The lowest BCUT2D eigenvalue weighted by molar-refractivity contribution is 0.732. The van der Waals surface area contributed by atoms with Crippen LogP contribution in [0.2, 0.25) is 0 Å². The first kappa shape index (κ1) is 12.3. The van der Waals surface area contributed by atoms with E-state index in [1.807, 2.05) is 12.2 Å². The number of alkyl halides is 2. The van der Waals surface area contributed by atoms with Crippen LogP contribution in [0.4, 0.5) is 0 Å². The Morgan fingerprint density at radius 2 is 1.67 bits per heavy atom. The van der Waals surface area contributed by atoms with Crippen LogP contribution in [0.3, 0.4) is 0 Å². The van der Waals surface area contributed by atoms with E-state index in [1.54, 1.807) is 0 Å². The van der Waals surface area contributed by atoms with Crippen LogP contribution in [-0.4, -0.2) is 10.8 Å². The molecule has 2 atom stereocenters. The summed E-state index contributed by atoms with van der Waals surface area (Å²) in [6, 6.07) is 0. The molecule has 0 radical (unpaired) electrons. The molecular formula is C10H18Cl2. The lowest BCUT2D eigenvalue weighted by atomic mass is 10.2. The molecule has 0 fully saturated rings. The maximum Gasteiger partial charge on any atom is 0.0516 e. The summed E-state index contributed by atoms with van der Waals surface area (Å²) in [5, 5.41) is 0.311. The predicted molar refractivity (Wildman–Crippen MR) is 58.2 cm³/mol. The van der Waals surface area contributed by atoms with Gasteiger partial charge >= 0.3 is 0 Å². The molecule has 72 valence electrons. The highest BCUT2D eigenvalue weighted by Gasteiger charge is 1.99. The van der Waals surface area contributed by atoms with Gasteiger partial charge in [0.25, 0.3) is 0 Å². The van der Waals surface area contributed by atoms with Gasteiger partial charge in [0.05, 0.1) is 10.8 Å². The van der Waals surface area contributed by atoms with Gasteiger partial charge in [-0.25, -0.2) is 0 Å². The van der Waals surface area contributed by atoms with Gasteiger partial charge in [-0.15, -0.1) is 23.2 Å². The first-order valence-electron chi connectivity index (χ1n) is 4.67. The summed E-state index contributed by atoms with van der Waals surface area (Å²) in [6.07, 6.45) is 8.43. The van der Waals surface area contributed by atoms with Crippen molar-refractivity contribution in [3.63, 3.8) is 0 Å². The van der Waals surface area contributed by atoms with Crippen LogP contribution in [0.1, 0.15) is 39.5 Å². The second-order valence-corrected chi connectivity index (χ2v) is 4.09. The summed E-state index contributed by atoms with van der Waals surface area (Å²) >= 11 is 11.9. The fourth-order valence-corrected chi connectivity index (χ4v) is 1.19. The Bertz CT molecular complexity index is 121. The van der Waals surface area contributed by atoms with Gasteiger partial charge < -0.3 is 0 Å². The van der Waals surface area contributed by atoms with Gasteiger partial charge in [-0.1, -0.05) is 38.8 Å². The molecule has 0 heterocycles. The van der Waals surface area contributed by atoms with E-state index < -0.39 is 0 Å². The minimum Gasteiger partial charge on any atom is -0.118 e. The van der Waals surface area contributed by atoms with Gasteiger partial charge in [0, 0.05) is 0 Å². The number of rotatable bonds is 6. The molecule has 0 aromatic rings. The first-order valence-corrected chi connectivity index (χ1v) is 5.54. The average Bonchev–Trinajstić information content (AvgIpc) is 2.10. The zero-order chi connectivity index (χ0) is 9.40. The van der Waals surface area contributed by atoms with Crippen LogP contribution in [0, 0.1) is 0 Å². The summed E-state index contributed by atoms with van der Waals surface area (Å²) in [4.78, 5) is 0. The highest BCUT2D eigenvalue weighted by Crippen LogP contribution is 2.11. The normalized spacial score (nSPS) is 16.7. The number of halogens is 2. The van der Waals surface area contributed by atoms with Crippen molar-refractivity contribution in [3.05, 3.63) is 12.2 Å². The van der Waals surface area contributed by atoms with Gasteiger partial charge in [0.15, 0.2) is 0 Å². The maximum atomic E-state index is 6.02. The van der Waals surface area contributed by atoms with E-state index in [0.29, 0.717) is 0 Å². The predicted octanol–water partition coefficient (Wildman–Crippen LogP) is 4.36. The summed E-state index contributed by atoms with van der Waals surface area (Å²) in [7, 11) is 0. The Morgan fingerprint density at radius 3 is 2.17 bits per heavy atom. The van der Waals surface area contributed by atoms with Crippen LogP contribution in [0.25, 0.3) is 0 Å². The van der Waals surface area contributed by atoms with Crippen LogP contribution in [0.15, 0.2) is 12.2 Å². The molecule has 2 heteroatoms. The zero-order valence-electron chi connectivity index (χ0n) is 7.89. The summed E-state index contributed by atoms with van der Waals surface area (Å²) in [5.41, 5.74) is 0. The molecule has 0 aliphatic carbocycles. The maximum absolute atomic E-state index is 6.02. The van der Waals surface area contributed by atoms with Crippen molar-refractivity contribution in [3.8, 4) is 0 Å². The Balaban J connectivity index is 3.52. The SMILES string of the molecule is CCCCC(Cl)/C=C/C(Cl)CC. The van der Waals surface area contributed by atoms with E-state index in [2.05, 4.69) is 13.8 Å². The third-order valence-electron chi connectivity index (χ3n) is 1.75. The molecule has 0 saturated heterocycles. The van der Waals surface area contributed by atoms with Crippen molar-refractivity contribution >= 4 is 23.2 Å². The number of allylic oxidation sites excluding steroid dienone is 2. The highest BCUT2D eigenvalue weighted by molar-refractivity contribution is 6.23. The quantitative estimate of drug-likeness (QED) is 0.450. The molecule has 12 heavy (non-hydrogen) atoms. The van der Waals surface area contributed by atoms with Gasteiger partial charge in [-0.05, 0) is 12.8 Å². The molecule has 0 aromatic heterocycles. The summed E-state index contributed by atoms with van der Waals surface area (Å²) in [6.45, 7) is 4.24. The van der Waals surface area contributed by atoms with Crippen LogP contribution >= 0.6 is 23.2 Å². The fourth-order valence-electron chi connectivity index (χ4n) is 0.873. The average molecular weight is 209 g/mol. The molecule has 0 amide bonds. The molecule has 2 unspecified atom stereocenters. The largest absolute Gasteiger partial charge is 0.118 e. The Hall–Kier alpha value is 0.320. The lowest BCUT2D eigenvalue weighted by Gasteiger charge is -2.03. The van der Waals surface area contributed by atoms with E-state index in [1.165, 1.54) is 12.8 Å². The van der Waals surface area contributed by atoms with E-state index in [-0.39, 0.29) is 10.8 Å². The highest BCUT2D eigenvalue weighted by atomic mass is 35.5. The Labute approximate surface area is 85.9 Å². The van der Waals surface area contributed by atoms with Crippen molar-refractivity contribution < 1.29 is 0 Å². The van der Waals surface area contributed by atoms with Crippen molar-refractivity contribution in [2.24, 2.45) is 0 Å². The number of hydrogen-bond donors (Lipinski definition) is 0. The first-order chi connectivity index (χ1) is 5.70. The van der Waals surface area contributed by atoms with Crippen LogP contribution in [0.5, 0.6) is 0 Å². The fraction of sp³-hybridized carbons (Fsp3) is 0.800. The molecule has 0 spiro atoms. The van der Waals surface area contributed by atoms with E-state index in [0.717, 1.165) is 12.8 Å². The summed E-state index contributed by atoms with van der Waals surface area (Å²) < 4.78 is 0. The van der Waals surface area contributed by atoms with Gasteiger partial charge in [-0.2, -0.15) is 0 Å². The van der Waals surface area contributed by atoms with E-state index in [4.69, 9.17) is 23.2 Å². The Kier molecular flexibility index (Phi) is 8.15. The minimum atomic E-state index is 0.146. The van der Waals surface area contributed by atoms with Gasteiger partial charge in [0.2, 0.25) is 0 Å². The molecule has 0 saturated carbocycles. The van der Waals surface area contributed by atoms with Crippen molar-refractivity contribution in [2.45, 2.75) is 50.3 Å². The second-order valence-electron chi connectivity index (χ2n) is 2.97. The lowest BCUT2D eigenvalue weighted by Crippen LogP contribution is -1.96. The van der Waals surface area contributed by atoms with Crippen molar-refractivity contribution in [1.82, 2.24) is 0 Å². The topological polar surface area (TPSA) is 0 Å². The minimum absolute atomic E-state index is 0.146. The zero-order valence-corrected chi connectivity index (χ0v) is 9.41. The summed E-state index contributed by atoms with van der Waals surface area (Å²) in [5.74, 6) is 0. The molecular weight excluding hydrogens is 191 g/mol. The monoisotopic (exact) mass is 208 g/mol. The third kappa shape index (κ3) is 7.00. The van der Waals surface area contributed by atoms with E-state index in [9.17, 15) is 0 Å². The molecule has 0 nitrogen and oxygen atoms in total. The molecule has 0 aliphatic rings. The standard InChI is InChI=1S/C10H18Cl2/c1-3-5-6-10(12)8-7-9(11)4-2/h7-10H,3-6H2,1-2H3/b8-7+. The van der Waals surface area contributed by atoms with Gasteiger partial charge in [-0.3, -0.25) is 0 Å². The van der Waals surface area contributed by atoms with E-state index >= 15 is 0 Å². The van der Waals surface area contributed by atoms with Crippen LogP contribution in [-0.2, 0) is 0 Å². The van der Waals surface area contributed by atoms with Crippen molar-refractivity contribution in [2.75, 3.05) is 0 Å². The Morgan fingerprint density at radius 1 is 1.08 bits per heavy atom. The third-order valence-corrected chi connectivity index (χ3v) is 2.57. The van der Waals surface area contributed by atoms with Crippen molar-refractivity contribution in [1.29, 1.82) is 0 Å². The van der Waals surface area contributed by atoms with Crippen LogP contribution < -0.4 is 0 Å². The second kappa shape index (κ2) is 7.94. The smallest absolute Gasteiger partial charge is 0.0516 e. The molecule has 0 bridgehead atoms. The molecule has 0 aromatic carbocycles. The van der Waals surface area contributed by atoms with Gasteiger partial charge in [0.1, 0.15) is 0 Å². The molecule has 0 aliphatic heterocycles. The number of unbranched alkanes of at least 4 members (excludes halogenated alkanes) is 1. The molecule has 0 N–H and O–H groups in total. The number of hydrogen-bond acceptors (Lipinski definition) is 0. The molecule has 0 rings (SSSR count).